The van der Waals surface area contributed by atoms with Crippen LogP contribution in [0, 0.1) is 0 Å². The van der Waals surface area contributed by atoms with Crippen LogP contribution in [0.5, 0.6) is 0 Å². The monoisotopic (exact) mass is 520 g/mol. The van der Waals surface area contributed by atoms with Gasteiger partial charge in [-0.2, -0.15) is 0 Å². The second kappa shape index (κ2) is 8.76. The summed E-state index contributed by atoms with van der Waals surface area (Å²) in [5, 5.41) is 4.33. The van der Waals surface area contributed by atoms with Crippen molar-refractivity contribution in [2.45, 2.75) is 35.1 Å². The summed E-state index contributed by atoms with van der Waals surface area (Å²) in [6.45, 7) is 2.87. The Morgan fingerprint density at radius 2 is 1.55 bits per heavy atom. The maximum Gasteiger partial charge on any atom is 0.322 e. The lowest BCUT2D eigenvalue weighted by atomic mass is 9.96. The predicted molar refractivity (Wildman–Crippen MR) is 121 cm³/mol. The maximum atomic E-state index is 12.6. The van der Waals surface area contributed by atoms with Gasteiger partial charge in [0, 0.05) is 50.8 Å². The van der Waals surface area contributed by atoms with Crippen molar-refractivity contribution in [3.63, 3.8) is 0 Å². The molecule has 0 bridgehead atoms. The Labute approximate surface area is 197 Å². The van der Waals surface area contributed by atoms with Crippen LogP contribution in [-0.2, 0) is 29.3 Å². The number of sulfone groups is 2. The Balaban J connectivity index is 1.71. The van der Waals surface area contributed by atoms with Crippen LogP contribution in [0.1, 0.15) is 19.8 Å². The number of amides is 4. The molecule has 2 fully saturated rings. The fourth-order valence-electron chi connectivity index (χ4n) is 3.77. The van der Waals surface area contributed by atoms with E-state index in [0.717, 1.165) is 12.5 Å². The molecular formula is C19H25ClN4O7S2. The summed E-state index contributed by atoms with van der Waals surface area (Å²) in [7, 11) is -7.56. The topological polar surface area (TPSA) is 150 Å². The molecule has 0 aliphatic carbocycles. The van der Waals surface area contributed by atoms with Crippen LogP contribution in [0.25, 0.3) is 0 Å². The SMILES string of the molecule is C[C@]1(CCC(=O)N2CCN(c3cc(S(C)(=O)=O)c(Cl)c(S(C)(=O)=O)c3)CC2)NC(=O)NC1=O. The average molecular weight is 521 g/mol. The zero-order chi connectivity index (χ0) is 24.8. The van der Waals surface area contributed by atoms with Crippen molar-refractivity contribution in [3.8, 4) is 0 Å². The molecule has 2 aliphatic rings. The summed E-state index contributed by atoms with van der Waals surface area (Å²) in [6.07, 6.45) is 2.11. The number of nitrogens with zero attached hydrogens (tertiary/aromatic N) is 2. The first-order valence-electron chi connectivity index (χ1n) is 10.0. The zero-order valence-electron chi connectivity index (χ0n) is 18.3. The van der Waals surface area contributed by atoms with Gasteiger partial charge in [-0.25, -0.2) is 21.6 Å². The van der Waals surface area contributed by atoms with Crippen LogP contribution < -0.4 is 15.5 Å². The molecule has 182 valence electrons. The van der Waals surface area contributed by atoms with E-state index >= 15 is 0 Å². The summed E-state index contributed by atoms with van der Waals surface area (Å²) in [5.41, 5.74) is -0.757. The van der Waals surface area contributed by atoms with Crippen molar-refractivity contribution in [2.24, 2.45) is 0 Å². The van der Waals surface area contributed by atoms with E-state index < -0.39 is 37.2 Å². The van der Waals surface area contributed by atoms with E-state index in [9.17, 15) is 31.2 Å². The van der Waals surface area contributed by atoms with Crippen LogP contribution in [0.15, 0.2) is 21.9 Å². The summed E-state index contributed by atoms with van der Waals surface area (Å²) < 4.78 is 48.6. The smallest absolute Gasteiger partial charge is 0.322 e. The molecule has 0 spiro atoms. The van der Waals surface area contributed by atoms with Crippen LogP contribution >= 0.6 is 11.6 Å². The summed E-state index contributed by atoms with van der Waals surface area (Å²) in [6, 6.07) is 2.09. The average Bonchev–Trinajstić information content (AvgIpc) is 2.96. The molecule has 0 unspecified atom stereocenters. The van der Waals surface area contributed by atoms with Crippen molar-refractivity contribution in [2.75, 3.05) is 43.6 Å². The highest BCUT2D eigenvalue weighted by Crippen LogP contribution is 2.34. The van der Waals surface area contributed by atoms with E-state index in [1.807, 2.05) is 0 Å². The first-order chi connectivity index (χ1) is 15.1. The standard InChI is InChI=1S/C19H25ClN4O7S2/c1-19(17(26)21-18(27)22-19)5-4-15(25)24-8-6-23(7-9-24)12-10-13(32(2,28)29)16(20)14(11-12)33(3,30)31/h10-11H,4-9H2,1-3H3,(H2,21,22,26,27)/t19-/m1/s1. The van der Waals surface area contributed by atoms with Crippen molar-refractivity contribution in [1.29, 1.82) is 0 Å². The Bertz CT molecular complexity index is 1170. The predicted octanol–water partition coefficient (Wildman–Crippen LogP) is 0.174. The molecule has 14 heteroatoms. The molecule has 1 aromatic carbocycles. The molecular weight excluding hydrogens is 496 g/mol. The molecule has 1 atom stereocenters. The van der Waals surface area contributed by atoms with Gasteiger partial charge in [0.25, 0.3) is 5.91 Å². The Hall–Kier alpha value is -2.38. The highest BCUT2D eigenvalue weighted by molar-refractivity contribution is 7.91. The third-order valence-electron chi connectivity index (χ3n) is 5.74. The Morgan fingerprint density at radius 3 is 1.97 bits per heavy atom. The first kappa shape index (κ1) is 25.2. The van der Waals surface area contributed by atoms with Gasteiger partial charge >= 0.3 is 6.03 Å². The van der Waals surface area contributed by atoms with Gasteiger partial charge in [-0.3, -0.25) is 14.9 Å². The molecule has 33 heavy (non-hydrogen) atoms. The zero-order valence-corrected chi connectivity index (χ0v) is 20.7. The van der Waals surface area contributed by atoms with Crippen LogP contribution in [0.3, 0.4) is 0 Å². The molecule has 2 N–H and O–H groups in total. The Morgan fingerprint density at radius 1 is 1.03 bits per heavy atom. The minimum atomic E-state index is -3.78. The second-order valence-electron chi connectivity index (χ2n) is 8.41. The van der Waals surface area contributed by atoms with Crippen molar-refractivity contribution in [3.05, 3.63) is 17.2 Å². The molecule has 4 amide bonds. The number of hydrogen-bond donors (Lipinski definition) is 2. The van der Waals surface area contributed by atoms with E-state index in [-0.39, 0.29) is 33.6 Å². The van der Waals surface area contributed by atoms with Crippen LogP contribution in [0.2, 0.25) is 5.02 Å². The highest BCUT2D eigenvalue weighted by Gasteiger charge is 2.42. The molecule has 0 aromatic heterocycles. The number of urea groups is 1. The largest absolute Gasteiger partial charge is 0.368 e. The number of imide groups is 1. The summed E-state index contributed by atoms with van der Waals surface area (Å²) in [4.78, 5) is 38.7. The molecule has 0 radical (unpaired) electrons. The maximum absolute atomic E-state index is 12.6. The number of piperazine rings is 1. The molecule has 0 saturated carbocycles. The fourth-order valence-corrected chi connectivity index (χ4v) is 6.32. The minimum Gasteiger partial charge on any atom is -0.368 e. The molecule has 2 aliphatic heterocycles. The minimum absolute atomic E-state index is 0.0571. The lowest BCUT2D eigenvalue weighted by molar-refractivity contribution is -0.132. The fraction of sp³-hybridized carbons (Fsp3) is 0.526. The van der Waals surface area contributed by atoms with Crippen molar-refractivity contribution in [1.82, 2.24) is 15.5 Å². The van der Waals surface area contributed by atoms with E-state index in [1.54, 1.807) is 16.7 Å². The van der Waals surface area contributed by atoms with Gasteiger partial charge in [-0.05, 0) is 25.5 Å². The molecule has 2 saturated heterocycles. The lowest BCUT2D eigenvalue weighted by Gasteiger charge is -2.37. The second-order valence-corrected chi connectivity index (χ2v) is 12.8. The third-order valence-corrected chi connectivity index (χ3v) is 8.62. The number of benzene rings is 1. The number of carbonyl (C=O) groups is 3. The number of anilines is 1. The molecule has 2 heterocycles. The number of halogens is 1. The molecule has 3 rings (SSSR count). The van der Waals surface area contributed by atoms with Gasteiger partial charge in [0.15, 0.2) is 19.7 Å². The number of nitrogens with one attached hydrogen (secondary N) is 2. The van der Waals surface area contributed by atoms with Crippen LogP contribution in [-0.4, -0.2) is 83.8 Å². The van der Waals surface area contributed by atoms with E-state index in [1.165, 1.54) is 12.1 Å². The quantitative estimate of drug-likeness (QED) is 0.504. The van der Waals surface area contributed by atoms with Crippen molar-refractivity contribution >= 4 is 54.8 Å². The highest BCUT2D eigenvalue weighted by atomic mass is 35.5. The summed E-state index contributed by atoms with van der Waals surface area (Å²) in [5.74, 6) is -0.661. The van der Waals surface area contributed by atoms with Gasteiger partial charge in [0.1, 0.15) is 5.54 Å². The lowest BCUT2D eigenvalue weighted by Crippen LogP contribution is -2.50. The van der Waals surface area contributed by atoms with Gasteiger partial charge in [-0.1, -0.05) is 11.6 Å². The van der Waals surface area contributed by atoms with E-state index in [0.29, 0.717) is 31.9 Å². The number of carbonyl (C=O) groups excluding carboxylic acids is 3. The third kappa shape index (κ3) is 5.41. The van der Waals surface area contributed by atoms with Gasteiger partial charge in [0.2, 0.25) is 5.91 Å². The van der Waals surface area contributed by atoms with E-state index in [4.69, 9.17) is 11.6 Å². The Kier molecular flexibility index (Phi) is 6.70. The van der Waals surface area contributed by atoms with E-state index in [2.05, 4.69) is 10.6 Å². The van der Waals surface area contributed by atoms with Gasteiger partial charge < -0.3 is 15.1 Å². The first-order valence-corrected chi connectivity index (χ1v) is 14.2. The number of rotatable bonds is 6. The molecule has 11 nitrogen and oxygen atoms in total. The van der Waals surface area contributed by atoms with Crippen LogP contribution in [0.4, 0.5) is 10.5 Å². The number of hydrogen-bond acceptors (Lipinski definition) is 8. The molecule has 1 aromatic rings. The van der Waals surface area contributed by atoms with Gasteiger partial charge in [0.05, 0.1) is 14.8 Å². The van der Waals surface area contributed by atoms with Crippen molar-refractivity contribution < 1.29 is 31.2 Å². The van der Waals surface area contributed by atoms with Gasteiger partial charge in [-0.15, -0.1) is 0 Å². The summed E-state index contributed by atoms with van der Waals surface area (Å²) >= 11 is 6.09. The normalized spacial score (nSPS) is 21.7.